The number of furan rings is 1. The minimum atomic E-state index is -0.967. The minimum Gasteiger partial charge on any atom is -0.461 e. The van der Waals surface area contributed by atoms with E-state index in [1.165, 1.54) is 6.92 Å². The zero-order chi connectivity index (χ0) is 23.1. The minimum absolute atomic E-state index is 0.0324. The molecule has 0 spiro atoms. The fraction of sp³-hybridized carbons (Fsp3) is 0.682. The van der Waals surface area contributed by atoms with Gasteiger partial charge in [-0.2, -0.15) is 0 Å². The van der Waals surface area contributed by atoms with Gasteiger partial charge in [-0.25, -0.2) is 9.69 Å². The van der Waals surface area contributed by atoms with Crippen LogP contribution in [0.2, 0.25) is 0 Å². The number of hydrogen-bond donors (Lipinski definition) is 1. The molecule has 2 heterocycles. The Kier molecular flexibility index (Phi) is 9.55. The van der Waals surface area contributed by atoms with Crippen LogP contribution in [0.1, 0.15) is 71.0 Å². The lowest BCUT2D eigenvalue weighted by atomic mass is 9.98. The van der Waals surface area contributed by atoms with Crippen LogP contribution in [0.15, 0.2) is 15.0 Å². The third-order valence-electron chi connectivity index (χ3n) is 5.42. The van der Waals surface area contributed by atoms with E-state index in [1.807, 2.05) is 13.8 Å². The molecule has 1 saturated heterocycles. The van der Waals surface area contributed by atoms with Crippen LogP contribution in [0.4, 0.5) is 4.79 Å². The van der Waals surface area contributed by atoms with Crippen LogP contribution in [0.25, 0.3) is 0 Å². The molecule has 31 heavy (non-hydrogen) atoms. The van der Waals surface area contributed by atoms with E-state index in [9.17, 15) is 14.4 Å². The summed E-state index contributed by atoms with van der Waals surface area (Å²) in [5, 5.41) is 8.87. The molecule has 0 aromatic carbocycles. The van der Waals surface area contributed by atoms with Gasteiger partial charge in [0.2, 0.25) is 5.91 Å². The lowest BCUT2D eigenvalue weighted by Crippen LogP contribution is -2.45. The van der Waals surface area contributed by atoms with Crippen molar-refractivity contribution in [2.75, 3.05) is 13.2 Å². The van der Waals surface area contributed by atoms with E-state index in [2.05, 4.69) is 15.9 Å². The lowest BCUT2D eigenvalue weighted by Gasteiger charge is -2.28. The first-order valence-electron chi connectivity index (χ1n) is 10.7. The van der Waals surface area contributed by atoms with Gasteiger partial charge in [-0.15, -0.1) is 0 Å². The van der Waals surface area contributed by atoms with Crippen molar-refractivity contribution in [1.82, 2.24) is 4.90 Å². The first-order valence-corrected chi connectivity index (χ1v) is 11.5. The Hall–Kier alpha value is -1.87. The van der Waals surface area contributed by atoms with Crippen LogP contribution in [0.3, 0.4) is 0 Å². The Morgan fingerprint density at radius 2 is 1.94 bits per heavy atom. The average Bonchev–Trinajstić information content (AvgIpc) is 3.27. The quantitative estimate of drug-likeness (QED) is 0.354. The summed E-state index contributed by atoms with van der Waals surface area (Å²) in [5.41, 5.74) is 0. The maximum atomic E-state index is 13.2. The molecule has 0 bridgehead atoms. The summed E-state index contributed by atoms with van der Waals surface area (Å²) >= 11 is 3.48. The monoisotopic (exact) mass is 501 g/mol. The van der Waals surface area contributed by atoms with Crippen molar-refractivity contribution in [2.45, 2.75) is 71.9 Å². The zero-order valence-electron chi connectivity index (χ0n) is 18.6. The van der Waals surface area contributed by atoms with Gasteiger partial charge in [-0.05, 0) is 47.7 Å². The van der Waals surface area contributed by atoms with Gasteiger partial charge < -0.3 is 19.0 Å². The van der Waals surface area contributed by atoms with Crippen molar-refractivity contribution < 1.29 is 33.4 Å². The molecule has 8 nitrogen and oxygen atoms in total. The number of carbonyl (C=O) groups excluding carboxylic acids is 3. The third-order valence-corrected chi connectivity index (χ3v) is 6.09. The van der Waals surface area contributed by atoms with Crippen molar-refractivity contribution in [3.05, 3.63) is 22.1 Å². The topological polar surface area (TPSA) is 106 Å². The summed E-state index contributed by atoms with van der Waals surface area (Å²) in [7, 11) is 0. The van der Waals surface area contributed by atoms with E-state index >= 15 is 0 Å². The number of aryl methyl sites for hydroxylation is 1. The van der Waals surface area contributed by atoms with Crippen molar-refractivity contribution in [2.24, 2.45) is 11.8 Å². The first-order chi connectivity index (χ1) is 14.7. The predicted octanol–water partition coefficient (Wildman–Crippen LogP) is 4.38. The SMILES string of the molecule is CC(=O)O[C@H](c1cc(Br)c(CCCCCCO)o1)[C@H](C)C(=O)N1C(=O)OC[C@@H]1C(C)C. The molecule has 1 aliphatic rings. The maximum Gasteiger partial charge on any atom is 0.416 e. The Bertz CT molecular complexity index is 776. The Labute approximate surface area is 191 Å². The number of imide groups is 1. The molecule has 1 N–H and O–H groups in total. The number of ether oxygens (including phenoxy) is 2. The van der Waals surface area contributed by atoms with E-state index in [1.54, 1.807) is 13.0 Å². The van der Waals surface area contributed by atoms with Crippen molar-refractivity contribution in [3.63, 3.8) is 0 Å². The normalized spacial score (nSPS) is 18.2. The number of carbonyl (C=O) groups is 3. The molecule has 174 valence electrons. The maximum absolute atomic E-state index is 13.2. The smallest absolute Gasteiger partial charge is 0.416 e. The van der Waals surface area contributed by atoms with Gasteiger partial charge in [0.1, 0.15) is 18.1 Å². The lowest BCUT2D eigenvalue weighted by molar-refractivity contribution is -0.155. The summed E-state index contributed by atoms with van der Waals surface area (Å²) in [5.74, 6) is -0.771. The Balaban J connectivity index is 2.19. The Morgan fingerprint density at radius 1 is 1.26 bits per heavy atom. The molecule has 0 radical (unpaired) electrons. The highest BCUT2D eigenvalue weighted by molar-refractivity contribution is 9.10. The van der Waals surface area contributed by atoms with Crippen molar-refractivity contribution in [3.8, 4) is 0 Å². The predicted molar refractivity (Wildman–Crippen MR) is 116 cm³/mol. The van der Waals surface area contributed by atoms with Gasteiger partial charge in [0, 0.05) is 20.0 Å². The van der Waals surface area contributed by atoms with Crippen LogP contribution in [-0.4, -0.2) is 47.2 Å². The van der Waals surface area contributed by atoms with Gasteiger partial charge in [0.05, 0.1) is 16.4 Å². The van der Waals surface area contributed by atoms with Gasteiger partial charge in [-0.3, -0.25) is 9.59 Å². The van der Waals surface area contributed by atoms with Crippen molar-refractivity contribution in [1.29, 1.82) is 0 Å². The molecule has 0 saturated carbocycles. The number of aliphatic hydroxyl groups excluding tert-OH is 1. The fourth-order valence-electron chi connectivity index (χ4n) is 3.60. The van der Waals surface area contributed by atoms with Crippen LogP contribution < -0.4 is 0 Å². The molecule has 1 aromatic heterocycles. The number of esters is 1. The second-order valence-electron chi connectivity index (χ2n) is 8.22. The van der Waals surface area contributed by atoms with E-state index < -0.39 is 30.0 Å². The molecule has 1 aromatic rings. The van der Waals surface area contributed by atoms with E-state index in [-0.39, 0.29) is 25.2 Å². The number of cyclic esters (lactones) is 1. The van der Waals surface area contributed by atoms with Gasteiger partial charge >= 0.3 is 12.1 Å². The molecule has 1 fully saturated rings. The number of unbranched alkanes of at least 4 members (excludes halogenated alkanes) is 3. The molecular formula is C22H32BrNO7. The summed E-state index contributed by atoms with van der Waals surface area (Å²) in [4.78, 5) is 38.3. The zero-order valence-corrected chi connectivity index (χ0v) is 20.1. The van der Waals surface area contributed by atoms with Gasteiger partial charge in [0.15, 0.2) is 6.10 Å². The molecule has 1 aliphatic heterocycles. The van der Waals surface area contributed by atoms with Crippen LogP contribution in [-0.2, 0) is 25.5 Å². The highest BCUT2D eigenvalue weighted by atomic mass is 79.9. The average molecular weight is 502 g/mol. The van der Waals surface area contributed by atoms with Crippen LogP contribution in [0, 0.1) is 11.8 Å². The standard InChI is InChI=1S/C22H32BrNO7/c1-13(2)17-12-29-22(28)24(17)21(27)14(3)20(30-15(4)26)19-11-16(23)18(31-19)9-7-5-6-8-10-25/h11,13-14,17,20,25H,5-10,12H2,1-4H3/t14-,17+,20-/m0/s1. The molecule has 9 heteroatoms. The summed E-state index contributed by atoms with van der Waals surface area (Å²) < 4.78 is 17.2. The van der Waals surface area contributed by atoms with Crippen LogP contribution >= 0.6 is 15.9 Å². The summed E-state index contributed by atoms with van der Waals surface area (Å²) in [6.07, 6.45) is 2.58. The highest BCUT2D eigenvalue weighted by Crippen LogP contribution is 2.35. The third kappa shape index (κ3) is 6.55. The van der Waals surface area contributed by atoms with E-state index in [4.69, 9.17) is 19.0 Å². The largest absolute Gasteiger partial charge is 0.461 e. The Morgan fingerprint density at radius 3 is 2.55 bits per heavy atom. The number of halogens is 1. The second kappa shape index (κ2) is 11.7. The van der Waals surface area contributed by atoms with Crippen LogP contribution in [0.5, 0.6) is 0 Å². The molecular weight excluding hydrogens is 470 g/mol. The molecule has 2 rings (SSSR count). The molecule has 2 amide bonds. The number of aliphatic hydroxyl groups is 1. The van der Waals surface area contributed by atoms with Crippen molar-refractivity contribution >= 4 is 33.9 Å². The summed E-state index contributed by atoms with van der Waals surface area (Å²) in [6, 6.07) is 1.35. The number of rotatable bonds is 11. The first kappa shape index (κ1) is 25.4. The second-order valence-corrected chi connectivity index (χ2v) is 9.08. The molecule has 0 unspecified atom stereocenters. The van der Waals surface area contributed by atoms with Gasteiger partial charge in [0.25, 0.3) is 0 Å². The molecule has 0 aliphatic carbocycles. The fourth-order valence-corrected chi connectivity index (χ4v) is 4.11. The van der Waals surface area contributed by atoms with E-state index in [0.717, 1.165) is 35.1 Å². The highest BCUT2D eigenvalue weighted by Gasteiger charge is 2.44. The van der Waals surface area contributed by atoms with E-state index in [0.29, 0.717) is 17.9 Å². The molecule has 3 atom stereocenters. The number of amides is 2. The number of nitrogens with zero attached hydrogens (tertiary/aromatic N) is 1. The van der Waals surface area contributed by atoms with Gasteiger partial charge in [-0.1, -0.05) is 26.7 Å². The summed E-state index contributed by atoms with van der Waals surface area (Å²) in [6.45, 7) is 7.05. The number of hydrogen-bond acceptors (Lipinski definition) is 7.